The van der Waals surface area contributed by atoms with Gasteiger partial charge in [-0.3, -0.25) is 4.57 Å². The van der Waals surface area contributed by atoms with Crippen molar-refractivity contribution in [2.24, 2.45) is 0 Å². The lowest BCUT2D eigenvalue weighted by Crippen LogP contribution is -1.98. The van der Waals surface area contributed by atoms with Crippen molar-refractivity contribution in [3.05, 3.63) is 152 Å². The van der Waals surface area contributed by atoms with Crippen molar-refractivity contribution in [3.63, 3.8) is 0 Å². The Kier molecular flexibility index (Phi) is 8.51. The molecule has 0 aliphatic carbocycles. The first-order chi connectivity index (χ1) is 19.3. The molecule has 0 aliphatic heterocycles. The average Bonchev–Trinajstić information content (AvgIpc) is 3.26. The topological polar surface area (TPSA) is 4.93 Å². The molecule has 6 rings (SSSR count). The van der Waals surface area contributed by atoms with E-state index in [0.717, 1.165) is 5.69 Å². The van der Waals surface area contributed by atoms with Crippen LogP contribution in [-0.2, 0) is 0 Å². The lowest BCUT2D eigenvalue weighted by atomic mass is 10.3. The largest absolute Gasteiger partial charge is 0.296 e. The Balaban J connectivity index is 1.62. The Morgan fingerprint density at radius 2 is 0.590 bits per heavy atom. The van der Waals surface area contributed by atoms with Crippen molar-refractivity contribution in [2.45, 2.75) is 39.4 Å². The number of benzene rings is 5. The zero-order valence-corrected chi connectivity index (χ0v) is 24.3. The molecule has 0 spiro atoms. The van der Waals surface area contributed by atoms with Crippen LogP contribution >= 0.6 is 47.0 Å². The zero-order chi connectivity index (χ0) is 26.3. The molecular weight excluding hydrogens is 551 g/mol. The summed E-state index contributed by atoms with van der Waals surface area (Å²) >= 11 is 7.34. The third kappa shape index (κ3) is 6.34. The van der Waals surface area contributed by atoms with Gasteiger partial charge < -0.3 is 0 Å². The minimum absolute atomic E-state index is 1.16. The maximum absolute atomic E-state index is 2.45. The molecule has 1 aromatic heterocycles. The molecule has 5 heteroatoms. The van der Waals surface area contributed by atoms with Crippen LogP contribution in [0.15, 0.2) is 191 Å². The first kappa shape index (κ1) is 26.0. The molecule has 0 atom stereocenters. The molecule has 190 valence electrons. The lowest BCUT2D eigenvalue weighted by Gasteiger charge is -2.14. The van der Waals surface area contributed by atoms with Crippen LogP contribution in [0.5, 0.6) is 0 Å². The molecule has 5 aromatic carbocycles. The fourth-order valence-electron chi connectivity index (χ4n) is 4.08. The summed E-state index contributed by atoms with van der Waals surface area (Å²) in [6, 6.07) is 53.5. The minimum Gasteiger partial charge on any atom is -0.296 e. The molecule has 0 bridgehead atoms. The predicted molar refractivity (Wildman–Crippen MR) is 168 cm³/mol. The lowest BCUT2D eigenvalue weighted by molar-refractivity contribution is 0.840. The summed E-state index contributed by atoms with van der Waals surface area (Å²) in [5, 5.41) is 2.44. The van der Waals surface area contributed by atoms with Gasteiger partial charge in [-0.15, -0.1) is 0 Å². The minimum atomic E-state index is 1.16. The number of nitrogens with zero attached hydrogens (tertiary/aromatic N) is 1. The van der Waals surface area contributed by atoms with Gasteiger partial charge in [-0.1, -0.05) is 138 Å². The van der Waals surface area contributed by atoms with Gasteiger partial charge in [0.25, 0.3) is 0 Å². The second kappa shape index (κ2) is 12.8. The molecule has 0 fully saturated rings. The quantitative estimate of drug-likeness (QED) is 0.169. The second-order valence-electron chi connectivity index (χ2n) is 8.60. The summed E-state index contributed by atoms with van der Waals surface area (Å²) < 4.78 is 2.45. The van der Waals surface area contributed by atoms with Gasteiger partial charge in [0.1, 0.15) is 10.1 Å². The highest BCUT2D eigenvalue weighted by Gasteiger charge is 2.27. The molecule has 0 aliphatic rings. The van der Waals surface area contributed by atoms with E-state index in [9.17, 15) is 0 Å². The summed E-state index contributed by atoms with van der Waals surface area (Å²) in [6.07, 6.45) is 0. The summed E-state index contributed by atoms with van der Waals surface area (Å²) in [5.74, 6) is 0. The van der Waals surface area contributed by atoms with E-state index in [4.69, 9.17) is 0 Å². The predicted octanol–water partition coefficient (Wildman–Crippen LogP) is 11.1. The smallest absolute Gasteiger partial charge is 0.101 e. The number of aromatic nitrogens is 1. The zero-order valence-electron chi connectivity index (χ0n) is 21.0. The van der Waals surface area contributed by atoms with Crippen molar-refractivity contribution < 1.29 is 0 Å². The van der Waals surface area contributed by atoms with Crippen molar-refractivity contribution in [3.8, 4) is 5.69 Å². The van der Waals surface area contributed by atoms with Crippen LogP contribution in [0.4, 0.5) is 0 Å². The summed E-state index contributed by atoms with van der Waals surface area (Å²) in [4.78, 5) is 7.43. The Hall–Kier alpha value is -3.22. The van der Waals surface area contributed by atoms with Crippen molar-refractivity contribution in [1.29, 1.82) is 0 Å². The average molecular weight is 576 g/mol. The molecule has 0 amide bonds. The van der Waals surface area contributed by atoms with Crippen molar-refractivity contribution >= 4 is 47.0 Å². The molecule has 0 radical (unpaired) electrons. The van der Waals surface area contributed by atoms with Crippen LogP contribution in [-0.4, -0.2) is 4.57 Å². The van der Waals surface area contributed by atoms with Gasteiger partial charge in [-0.25, -0.2) is 0 Å². The van der Waals surface area contributed by atoms with Gasteiger partial charge >= 0.3 is 0 Å². The first-order valence-corrected chi connectivity index (χ1v) is 15.9. The molecule has 6 aromatic rings. The maximum atomic E-state index is 2.45. The monoisotopic (exact) mass is 575 g/mol. The summed E-state index contributed by atoms with van der Waals surface area (Å²) in [5.41, 5.74) is 1.16. The Bertz CT molecular complexity index is 1510. The van der Waals surface area contributed by atoms with Crippen LogP contribution in [0.3, 0.4) is 0 Å². The van der Waals surface area contributed by atoms with Gasteiger partial charge in [-0.2, -0.15) is 0 Å². The fourth-order valence-corrected chi connectivity index (χ4v) is 8.81. The van der Waals surface area contributed by atoms with E-state index in [0.29, 0.717) is 0 Å². The standard InChI is InChI=1S/C34H25NS4/c1-6-16-26(17-7-1)35-33(38-29-22-12-4-13-23-29)31(36-27-18-8-2-9-19-27)32(37-28-20-10-3-11-21-28)34(35)39-30-24-14-5-15-25-30/h1-25H. The van der Waals surface area contributed by atoms with E-state index in [2.05, 4.69) is 156 Å². The number of rotatable bonds is 9. The van der Waals surface area contributed by atoms with Crippen LogP contribution in [0.1, 0.15) is 0 Å². The number of para-hydroxylation sites is 1. The van der Waals surface area contributed by atoms with E-state index >= 15 is 0 Å². The molecule has 0 unspecified atom stereocenters. The molecule has 1 heterocycles. The summed E-state index contributed by atoms with van der Waals surface area (Å²) in [6.45, 7) is 0. The molecule has 1 nitrogen and oxygen atoms in total. The maximum Gasteiger partial charge on any atom is 0.101 e. The SMILES string of the molecule is c1ccc(Sc2c(Sc3ccccc3)c(Sc3ccccc3)n(-c3ccccc3)c2Sc2ccccc2)cc1. The Morgan fingerprint density at radius 1 is 0.308 bits per heavy atom. The van der Waals surface area contributed by atoms with Crippen molar-refractivity contribution in [1.82, 2.24) is 4.57 Å². The van der Waals surface area contributed by atoms with E-state index in [1.807, 2.05) is 47.0 Å². The second-order valence-corrected chi connectivity index (χ2v) is 12.9. The van der Waals surface area contributed by atoms with Gasteiger partial charge in [0.15, 0.2) is 0 Å². The van der Waals surface area contributed by atoms with Crippen molar-refractivity contribution in [2.75, 3.05) is 0 Å². The third-order valence-electron chi connectivity index (χ3n) is 5.86. The van der Waals surface area contributed by atoms with Gasteiger partial charge in [-0.05, 0) is 60.7 Å². The Morgan fingerprint density at radius 3 is 0.923 bits per heavy atom. The van der Waals surface area contributed by atoms with E-state index in [1.165, 1.54) is 39.4 Å². The van der Waals surface area contributed by atoms with Gasteiger partial charge in [0.05, 0.1) is 9.79 Å². The van der Waals surface area contributed by atoms with Crippen LogP contribution < -0.4 is 0 Å². The van der Waals surface area contributed by atoms with E-state index < -0.39 is 0 Å². The summed E-state index contributed by atoms with van der Waals surface area (Å²) in [7, 11) is 0. The van der Waals surface area contributed by atoms with Gasteiger partial charge in [0.2, 0.25) is 0 Å². The molecular formula is C34H25NS4. The fraction of sp³-hybridized carbons (Fsp3) is 0. The highest BCUT2D eigenvalue weighted by molar-refractivity contribution is 8.05. The van der Waals surface area contributed by atoms with Crippen LogP contribution in [0.25, 0.3) is 5.69 Å². The van der Waals surface area contributed by atoms with Gasteiger partial charge in [0, 0.05) is 25.3 Å². The highest BCUT2D eigenvalue weighted by atomic mass is 32.2. The molecule has 0 saturated heterocycles. The molecule has 0 saturated carbocycles. The van der Waals surface area contributed by atoms with Crippen LogP contribution in [0.2, 0.25) is 0 Å². The molecule has 39 heavy (non-hydrogen) atoms. The van der Waals surface area contributed by atoms with E-state index in [-0.39, 0.29) is 0 Å². The number of hydrogen-bond acceptors (Lipinski definition) is 4. The third-order valence-corrected chi connectivity index (χ3v) is 10.6. The van der Waals surface area contributed by atoms with Crippen LogP contribution in [0, 0.1) is 0 Å². The Labute approximate surface area is 247 Å². The number of hydrogen-bond donors (Lipinski definition) is 0. The van der Waals surface area contributed by atoms with E-state index in [1.54, 1.807) is 0 Å². The molecule has 0 N–H and O–H groups in total. The highest BCUT2D eigenvalue weighted by Crippen LogP contribution is 2.53. The first-order valence-electron chi connectivity index (χ1n) is 12.6. The normalized spacial score (nSPS) is 11.0.